The normalized spacial score (nSPS) is 31.6. The summed E-state index contributed by atoms with van der Waals surface area (Å²) in [6.45, 7) is 1.96. The van der Waals surface area contributed by atoms with Gasteiger partial charge in [-0.1, -0.05) is 37.3 Å². The van der Waals surface area contributed by atoms with Crippen molar-refractivity contribution in [1.29, 1.82) is 0 Å². The molecule has 2 nitrogen and oxygen atoms in total. The number of aliphatic hydroxyl groups excluding tert-OH is 1. The number of hydrogen-bond donors (Lipinski definition) is 1. The second-order valence-corrected chi connectivity index (χ2v) is 4.37. The molecule has 2 rings (SSSR count). The summed E-state index contributed by atoms with van der Waals surface area (Å²) < 4.78 is 0. The minimum atomic E-state index is -0.459. The minimum Gasteiger partial charge on any atom is -0.393 e. The van der Waals surface area contributed by atoms with Crippen molar-refractivity contribution in [2.24, 2.45) is 5.92 Å². The number of hydrogen-bond acceptors (Lipinski definition) is 2. The van der Waals surface area contributed by atoms with Crippen molar-refractivity contribution in [3.8, 4) is 0 Å². The molecular weight excluding hydrogens is 188 g/mol. The molecule has 80 valence electrons. The Kier molecular flexibility index (Phi) is 2.87. The fourth-order valence-electron chi connectivity index (χ4n) is 2.35. The van der Waals surface area contributed by atoms with Crippen LogP contribution in [-0.2, 0) is 4.79 Å². The predicted octanol–water partition coefficient (Wildman–Crippen LogP) is 2.13. The zero-order valence-electron chi connectivity index (χ0n) is 8.89. The molecule has 0 spiro atoms. The first-order chi connectivity index (χ1) is 7.18. The molecule has 1 aliphatic carbocycles. The maximum absolute atomic E-state index is 11.6. The average molecular weight is 204 g/mol. The summed E-state index contributed by atoms with van der Waals surface area (Å²) in [7, 11) is 0. The van der Waals surface area contributed by atoms with Crippen LogP contribution >= 0.6 is 0 Å². The van der Waals surface area contributed by atoms with Gasteiger partial charge in [0.05, 0.1) is 6.10 Å². The molecule has 1 saturated carbocycles. The van der Waals surface area contributed by atoms with Crippen molar-refractivity contribution in [2.45, 2.75) is 31.8 Å². The lowest BCUT2D eigenvalue weighted by atomic mass is 9.74. The van der Waals surface area contributed by atoms with Gasteiger partial charge in [-0.3, -0.25) is 4.79 Å². The molecule has 1 aliphatic rings. The zero-order chi connectivity index (χ0) is 10.8. The number of aliphatic hydroxyl groups is 1. The summed E-state index contributed by atoms with van der Waals surface area (Å²) in [5, 5.41) is 9.61. The van der Waals surface area contributed by atoms with Gasteiger partial charge in [0.1, 0.15) is 5.78 Å². The topological polar surface area (TPSA) is 37.3 Å². The van der Waals surface area contributed by atoms with E-state index in [9.17, 15) is 9.90 Å². The molecule has 3 atom stereocenters. The van der Waals surface area contributed by atoms with Crippen molar-refractivity contribution >= 4 is 5.78 Å². The van der Waals surface area contributed by atoms with E-state index < -0.39 is 6.10 Å². The Labute approximate surface area is 89.9 Å². The molecule has 0 heterocycles. The summed E-state index contributed by atoms with van der Waals surface area (Å²) in [6.07, 6.45) is 0.570. The van der Waals surface area contributed by atoms with Gasteiger partial charge in [0.25, 0.3) is 0 Å². The third-order valence-corrected chi connectivity index (χ3v) is 3.30. The first kappa shape index (κ1) is 10.4. The van der Waals surface area contributed by atoms with Gasteiger partial charge < -0.3 is 5.11 Å². The van der Waals surface area contributed by atoms with Crippen molar-refractivity contribution < 1.29 is 9.90 Å². The lowest BCUT2D eigenvalue weighted by Crippen LogP contribution is -2.32. The van der Waals surface area contributed by atoms with E-state index in [4.69, 9.17) is 0 Å². The highest BCUT2D eigenvalue weighted by Crippen LogP contribution is 2.35. The number of carbonyl (C=O) groups is 1. The Hall–Kier alpha value is -1.15. The van der Waals surface area contributed by atoms with E-state index in [1.165, 1.54) is 0 Å². The van der Waals surface area contributed by atoms with Crippen LogP contribution in [0.4, 0.5) is 0 Å². The fraction of sp³-hybridized carbons (Fsp3) is 0.462. The molecule has 0 aliphatic heterocycles. The second-order valence-electron chi connectivity index (χ2n) is 4.37. The average Bonchev–Trinajstić information content (AvgIpc) is 2.24. The molecule has 2 heteroatoms. The van der Waals surface area contributed by atoms with Crippen LogP contribution in [0.25, 0.3) is 0 Å². The summed E-state index contributed by atoms with van der Waals surface area (Å²) in [4.78, 5) is 11.6. The fourth-order valence-corrected chi connectivity index (χ4v) is 2.35. The lowest BCUT2D eigenvalue weighted by Gasteiger charge is -2.31. The molecule has 15 heavy (non-hydrogen) atoms. The van der Waals surface area contributed by atoms with Gasteiger partial charge >= 0.3 is 0 Å². The van der Waals surface area contributed by atoms with Crippen LogP contribution < -0.4 is 0 Å². The second kappa shape index (κ2) is 4.15. The van der Waals surface area contributed by atoms with E-state index >= 15 is 0 Å². The summed E-state index contributed by atoms with van der Waals surface area (Å²) in [6, 6.07) is 10.00. The van der Waals surface area contributed by atoms with Gasteiger partial charge in [-0.15, -0.1) is 0 Å². The number of benzene rings is 1. The SMILES string of the molecule is C[C@H]1C(=O)C[C@H](O)C[C@H]1c1ccccc1. The van der Waals surface area contributed by atoms with Crippen molar-refractivity contribution in [3.05, 3.63) is 35.9 Å². The van der Waals surface area contributed by atoms with Gasteiger partial charge in [0, 0.05) is 12.3 Å². The Morgan fingerprint density at radius 1 is 1.27 bits per heavy atom. The largest absolute Gasteiger partial charge is 0.393 e. The highest BCUT2D eigenvalue weighted by molar-refractivity contribution is 5.83. The van der Waals surface area contributed by atoms with E-state index in [2.05, 4.69) is 0 Å². The Morgan fingerprint density at radius 2 is 1.93 bits per heavy atom. The molecule has 1 fully saturated rings. The van der Waals surface area contributed by atoms with Crippen molar-refractivity contribution in [1.82, 2.24) is 0 Å². The summed E-state index contributed by atoms with van der Waals surface area (Å²) >= 11 is 0. The molecule has 0 amide bonds. The summed E-state index contributed by atoms with van der Waals surface area (Å²) in [5.74, 6) is 0.404. The van der Waals surface area contributed by atoms with Gasteiger partial charge in [-0.25, -0.2) is 0 Å². The smallest absolute Gasteiger partial charge is 0.138 e. The van der Waals surface area contributed by atoms with Gasteiger partial charge in [0.2, 0.25) is 0 Å². The van der Waals surface area contributed by atoms with Crippen LogP contribution in [0.1, 0.15) is 31.2 Å². The van der Waals surface area contributed by atoms with Crippen LogP contribution in [0.3, 0.4) is 0 Å². The molecule has 0 unspecified atom stereocenters. The maximum Gasteiger partial charge on any atom is 0.138 e. The third-order valence-electron chi connectivity index (χ3n) is 3.30. The van der Waals surface area contributed by atoms with Gasteiger partial charge in [0.15, 0.2) is 0 Å². The summed E-state index contributed by atoms with van der Waals surface area (Å²) in [5.41, 5.74) is 1.16. The monoisotopic (exact) mass is 204 g/mol. The van der Waals surface area contributed by atoms with Crippen LogP contribution in [0.5, 0.6) is 0 Å². The lowest BCUT2D eigenvalue weighted by molar-refractivity contribution is -0.128. The maximum atomic E-state index is 11.6. The zero-order valence-corrected chi connectivity index (χ0v) is 8.89. The first-order valence-corrected chi connectivity index (χ1v) is 5.44. The molecule has 0 radical (unpaired) electrons. The molecule has 1 aromatic rings. The van der Waals surface area contributed by atoms with E-state index in [-0.39, 0.29) is 17.6 Å². The van der Waals surface area contributed by atoms with Crippen LogP contribution in [0.2, 0.25) is 0 Å². The molecule has 1 N–H and O–H groups in total. The Bertz CT molecular complexity index is 345. The number of ketones is 1. The molecule has 1 aromatic carbocycles. The Morgan fingerprint density at radius 3 is 2.60 bits per heavy atom. The van der Waals surface area contributed by atoms with Gasteiger partial charge in [-0.2, -0.15) is 0 Å². The quantitative estimate of drug-likeness (QED) is 0.761. The third kappa shape index (κ3) is 2.10. The van der Waals surface area contributed by atoms with E-state index in [0.717, 1.165) is 5.56 Å². The molecule has 0 aromatic heterocycles. The highest BCUT2D eigenvalue weighted by Gasteiger charge is 2.33. The van der Waals surface area contributed by atoms with E-state index in [1.807, 2.05) is 37.3 Å². The number of carbonyl (C=O) groups excluding carboxylic acids is 1. The molecule has 0 bridgehead atoms. The van der Waals surface area contributed by atoms with Gasteiger partial charge in [-0.05, 0) is 17.9 Å². The Balaban J connectivity index is 2.24. The number of Topliss-reactive ketones (excluding diaryl/α,β-unsaturated/α-hetero) is 1. The van der Waals surface area contributed by atoms with Crippen LogP contribution in [0.15, 0.2) is 30.3 Å². The minimum absolute atomic E-state index is 0.0378. The highest BCUT2D eigenvalue weighted by atomic mass is 16.3. The molecular formula is C13H16O2. The van der Waals surface area contributed by atoms with Crippen LogP contribution in [0, 0.1) is 5.92 Å². The van der Waals surface area contributed by atoms with Crippen LogP contribution in [-0.4, -0.2) is 17.0 Å². The van der Waals surface area contributed by atoms with E-state index in [1.54, 1.807) is 0 Å². The first-order valence-electron chi connectivity index (χ1n) is 5.44. The standard InChI is InChI=1S/C13H16O2/c1-9-12(7-11(14)8-13(9)15)10-5-3-2-4-6-10/h2-6,9,11-12,14H,7-8H2,1H3/t9-,11-,12-/m1/s1. The van der Waals surface area contributed by atoms with Crippen molar-refractivity contribution in [2.75, 3.05) is 0 Å². The van der Waals surface area contributed by atoms with Crippen molar-refractivity contribution in [3.63, 3.8) is 0 Å². The molecule has 0 saturated heterocycles. The number of rotatable bonds is 1. The predicted molar refractivity (Wildman–Crippen MR) is 58.6 cm³/mol. The van der Waals surface area contributed by atoms with E-state index in [0.29, 0.717) is 12.8 Å².